The van der Waals surface area contributed by atoms with E-state index in [0.717, 1.165) is 5.56 Å². The molecular formula is C21H18F3NO4. The van der Waals surface area contributed by atoms with E-state index in [0.29, 0.717) is 23.1 Å². The fourth-order valence-corrected chi connectivity index (χ4v) is 3.34. The van der Waals surface area contributed by atoms with Crippen LogP contribution < -0.4 is 9.64 Å². The number of nitrogens with zero attached hydrogens (tertiary/aromatic N) is 1. The van der Waals surface area contributed by atoms with Crippen molar-refractivity contribution in [2.45, 2.75) is 25.1 Å². The predicted octanol–water partition coefficient (Wildman–Crippen LogP) is 4.29. The molecule has 1 aliphatic heterocycles. The van der Waals surface area contributed by atoms with E-state index in [2.05, 4.69) is 0 Å². The number of fused-ring (bicyclic) bond motifs is 1. The lowest BCUT2D eigenvalue weighted by Gasteiger charge is -2.18. The number of benzene rings is 2. The molecule has 0 aliphatic carbocycles. The average Bonchev–Trinajstić information content (AvgIpc) is 2.92. The number of methoxy groups -OCH3 is 1. The van der Waals surface area contributed by atoms with E-state index in [-0.39, 0.29) is 18.9 Å². The molecule has 2 aromatic carbocycles. The fraction of sp³-hybridized carbons (Fsp3) is 0.238. The Morgan fingerprint density at radius 2 is 1.90 bits per heavy atom. The normalized spacial score (nSPS) is 16.7. The minimum absolute atomic E-state index is 0.254. The molecule has 152 valence electrons. The van der Waals surface area contributed by atoms with Gasteiger partial charge in [-0.3, -0.25) is 4.79 Å². The van der Waals surface area contributed by atoms with Crippen molar-refractivity contribution in [2.75, 3.05) is 12.0 Å². The summed E-state index contributed by atoms with van der Waals surface area (Å²) in [5.41, 5.74) is 0.256. The number of carboxylic acids is 1. The number of ether oxygens (including phenoxy) is 1. The number of hydrogen-bond donors (Lipinski definition) is 1. The van der Waals surface area contributed by atoms with Gasteiger partial charge in [0.1, 0.15) is 11.3 Å². The molecule has 29 heavy (non-hydrogen) atoms. The number of carboxylic acid groups (broad SMARTS) is 1. The first-order chi connectivity index (χ1) is 13.7. The van der Waals surface area contributed by atoms with Crippen molar-refractivity contribution >= 4 is 17.6 Å². The molecule has 2 aromatic rings. The fourth-order valence-electron chi connectivity index (χ4n) is 3.34. The van der Waals surface area contributed by atoms with E-state index in [9.17, 15) is 22.8 Å². The lowest BCUT2D eigenvalue weighted by Crippen LogP contribution is -2.28. The Balaban J connectivity index is 1.98. The van der Waals surface area contributed by atoms with Crippen LogP contribution in [0.25, 0.3) is 0 Å². The molecule has 0 fully saturated rings. The number of anilines is 1. The smallest absolute Gasteiger partial charge is 0.423 e. The number of halogens is 3. The van der Waals surface area contributed by atoms with Gasteiger partial charge in [0.2, 0.25) is 5.91 Å². The predicted molar refractivity (Wildman–Crippen MR) is 99.8 cm³/mol. The number of rotatable bonds is 6. The molecule has 0 spiro atoms. The highest BCUT2D eigenvalue weighted by Gasteiger charge is 2.41. The van der Waals surface area contributed by atoms with Gasteiger partial charge >= 0.3 is 12.1 Å². The van der Waals surface area contributed by atoms with Crippen LogP contribution in [0.5, 0.6) is 5.75 Å². The van der Waals surface area contributed by atoms with Gasteiger partial charge in [-0.05, 0) is 35.7 Å². The quantitative estimate of drug-likeness (QED) is 0.729. The summed E-state index contributed by atoms with van der Waals surface area (Å²) in [5.74, 6) is -2.93. The Bertz CT molecular complexity index is 954. The van der Waals surface area contributed by atoms with E-state index in [1.54, 1.807) is 18.2 Å². The van der Waals surface area contributed by atoms with Crippen molar-refractivity contribution in [1.82, 2.24) is 0 Å². The Labute approximate surface area is 165 Å². The van der Waals surface area contributed by atoms with Crippen LogP contribution in [-0.4, -0.2) is 30.3 Å². The van der Waals surface area contributed by atoms with Gasteiger partial charge in [-0.1, -0.05) is 36.4 Å². The van der Waals surface area contributed by atoms with E-state index < -0.39 is 23.6 Å². The van der Waals surface area contributed by atoms with Gasteiger partial charge in [-0.25, -0.2) is 4.79 Å². The van der Waals surface area contributed by atoms with Gasteiger partial charge in [0.15, 0.2) is 0 Å². The maximum atomic E-state index is 13.0. The summed E-state index contributed by atoms with van der Waals surface area (Å²) in [4.78, 5) is 25.5. The van der Waals surface area contributed by atoms with Crippen LogP contribution in [0.15, 0.2) is 60.2 Å². The third kappa shape index (κ3) is 4.26. The number of alkyl halides is 3. The summed E-state index contributed by atoms with van der Waals surface area (Å²) < 4.78 is 44.0. The molecule has 1 atom stereocenters. The molecular weight excluding hydrogens is 387 g/mol. The lowest BCUT2D eigenvalue weighted by molar-refractivity contribution is -0.145. The number of amides is 1. The zero-order valence-electron chi connectivity index (χ0n) is 15.4. The molecule has 0 saturated carbocycles. The number of carbonyl (C=O) groups excluding carboxylic acids is 1. The molecule has 1 amide bonds. The van der Waals surface area contributed by atoms with Crippen LogP contribution in [0.1, 0.15) is 23.5 Å². The number of aliphatic carboxylic acids is 1. The molecule has 0 radical (unpaired) electrons. The Morgan fingerprint density at radius 1 is 1.21 bits per heavy atom. The zero-order valence-corrected chi connectivity index (χ0v) is 15.4. The van der Waals surface area contributed by atoms with Gasteiger partial charge in [0.25, 0.3) is 0 Å². The molecule has 5 nitrogen and oxygen atoms in total. The molecule has 1 unspecified atom stereocenters. The highest BCUT2D eigenvalue weighted by atomic mass is 19.4. The van der Waals surface area contributed by atoms with Crippen molar-refractivity contribution in [2.24, 2.45) is 0 Å². The summed E-state index contributed by atoms with van der Waals surface area (Å²) in [6.45, 7) is 0.254. The minimum Gasteiger partial charge on any atom is -0.497 e. The van der Waals surface area contributed by atoms with E-state index in [1.165, 1.54) is 12.0 Å². The molecule has 8 heteroatoms. The zero-order chi connectivity index (χ0) is 21.2. The van der Waals surface area contributed by atoms with Gasteiger partial charge in [0, 0.05) is 5.69 Å². The topological polar surface area (TPSA) is 66.8 Å². The first kappa shape index (κ1) is 20.4. The molecule has 0 bridgehead atoms. The van der Waals surface area contributed by atoms with Crippen LogP contribution in [-0.2, 0) is 16.1 Å². The Kier molecular flexibility index (Phi) is 5.63. The number of allylic oxidation sites excluding steroid dienone is 1. The maximum Gasteiger partial charge on any atom is 0.423 e. The largest absolute Gasteiger partial charge is 0.497 e. The van der Waals surface area contributed by atoms with Crippen molar-refractivity contribution in [3.63, 3.8) is 0 Å². The summed E-state index contributed by atoms with van der Waals surface area (Å²) in [6, 6.07) is 14.1. The van der Waals surface area contributed by atoms with Crippen molar-refractivity contribution in [1.29, 1.82) is 0 Å². The molecule has 0 aromatic heterocycles. The minimum atomic E-state index is -5.01. The van der Waals surface area contributed by atoms with Crippen LogP contribution in [0.3, 0.4) is 0 Å². The monoisotopic (exact) mass is 405 g/mol. The Morgan fingerprint density at radius 3 is 2.48 bits per heavy atom. The summed E-state index contributed by atoms with van der Waals surface area (Å²) in [5, 5.41) is 8.87. The highest BCUT2D eigenvalue weighted by Crippen LogP contribution is 2.42. The number of hydrogen-bond acceptors (Lipinski definition) is 3. The first-order valence-corrected chi connectivity index (χ1v) is 8.76. The van der Waals surface area contributed by atoms with Crippen LogP contribution in [0.4, 0.5) is 18.9 Å². The van der Waals surface area contributed by atoms with Crippen molar-refractivity contribution in [3.05, 3.63) is 71.3 Å². The van der Waals surface area contributed by atoms with Crippen LogP contribution in [0, 0.1) is 0 Å². The van der Waals surface area contributed by atoms with Gasteiger partial charge in [0.05, 0.1) is 19.6 Å². The summed E-state index contributed by atoms with van der Waals surface area (Å²) in [6.07, 6.45) is -4.82. The molecule has 1 N–H and O–H groups in total. The lowest BCUT2D eigenvalue weighted by atomic mass is 9.95. The van der Waals surface area contributed by atoms with Crippen LogP contribution in [0.2, 0.25) is 0 Å². The molecule has 1 heterocycles. The van der Waals surface area contributed by atoms with Crippen molar-refractivity contribution in [3.8, 4) is 5.75 Å². The van der Waals surface area contributed by atoms with E-state index in [4.69, 9.17) is 9.84 Å². The molecule has 0 saturated heterocycles. The van der Waals surface area contributed by atoms with Crippen molar-refractivity contribution < 1.29 is 32.6 Å². The molecule has 1 aliphatic rings. The second kappa shape index (κ2) is 7.98. The third-order valence-electron chi connectivity index (χ3n) is 4.74. The van der Waals surface area contributed by atoms with Gasteiger partial charge in [-0.2, -0.15) is 13.2 Å². The third-order valence-corrected chi connectivity index (χ3v) is 4.74. The highest BCUT2D eigenvalue weighted by molar-refractivity contribution is 6.05. The van der Waals surface area contributed by atoms with E-state index >= 15 is 0 Å². The second-order valence-corrected chi connectivity index (χ2v) is 6.54. The van der Waals surface area contributed by atoms with Gasteiger partial charge < -0.3 is 14.7 Å². The van der Waals surface area contributed by atoms with E-state index in [1.807, 2.05) is 30.3 Å². The van der Waals surface area contributed by atoms with Gasteiger partial charge in [-0.15, -0.1) is 0 Å². The summed E-state index contributed by atoms with van der Waals surface area (Å²) in [7, 11) is 1.45. The maximum absolute atomic E-state index is 13.0. The SMILES string of the molecule is COc1ccc2c(c1)C(C/C=C(/C(=O)O)C(F)(F)F)C(=O)N2Cc1ccccc1. The Hall–Kier alpha value is -3.29. The second-order valence-electron chi connectivity index (χ2n) is 6.54. The standard InChI is InChI=1S/C21H18F3NO4/c1-29-14-7-10-18-16(11-14)15(8-9-17(20(27)28)21(22,23)24)19(26)25(18)12-13-5-3-2-4-6-13/h2-7,9-11,15H,8,12H2,1H3,(H,27,28)/b17-9-. The number of carbonyl (C=O) groups is 2. The van der Waals surface area contributed by atoms with Crippen LogP contribution >= 0.6 is 0 Å². The molecule has 3 rings (SSSR count). The summed E-state index contributed by atoms with van der Waals surface area (Å²) >= 11 is 0. The average molecular weight is 405 g/mol. The first-order valence-electron chi connectivity index (χ1n) is 8.76.